The predicted octanol–water partition coefficient (Wildman–Crippen LogP) is 6.63. The summed E-state index contributed by atoms with van der Waals surface area (Å²) in [5.41, 5.74) is 2.44. The SMILES string of the molecule is C[C@H]1c2cccc(CCC(C)(C)O)c2C[C@H](CO[Si](C)(C)C(C)(C)C)N1C(=O)OC(C)(C)C. The molecule has 5 nitrogen and oxygen atoms in total. The van der Waals surface area contributed by atoms with Crippen molar-refractivity contribution in [2.24, 2.45) is 0 Å². The van der Waals surface area contributed by atoms with Crippen LogP contribution in [0.2, 0.25) is 18.1 Å². The van der Waals surface area contributed by atoms with Crippen molar-refractivity contribution in [3.05, 3.63) is 34.9 Å². The van der Waals surface area contributed by atoms with Gasteiger partial charge in [-0.3, -0.25) is 4.90 Å². The van der Waals surface area contributed by atoms with Gasteiger partial charge in [-0.15, -0.1) is 0 Å². The Morgan fingerprint density at radius 3 is 2.24 bits per heavy atom. The second-order valence-corrected chi connectivity index (χ2v) is 17.6. The van der Waals surface area contributed by atoms with Crippen LogP contribution >= 0.6 is 0 Å². The number of ether oxygens (including phenoxy) is 1. The van der Waals surface area contributed by atoms with Gasteiger partial charge in [0, 0.05) is 0 Å². The Morgan fingerprint density at radius 2 is 1.73 bits per heavy atom. The summed E-state index contributed by atoms with van der Waals surface area (Å²) in [6.07, 6.45) is 1.95. The summed E-state index contributed by atoms with van der Waals surface area (Å²) in [5, 5.41) is 10.4. The van der Waals surface area contributed by atoms with E-state index >= 15 is 0 Å². The Bertz CT molecular complexity index is 830. The zero-order valence-corrected chi connectivity index (χ0v) is 23.8. The van der Waals surface area contributed by atoms with Gasteiger partial charge in [0.1, 0.15) is 5.60 Å². The van der Waals surface area contributed by atoms with Crippen molar-refractivity contribution in [3.8, 4) is 0 Å². The van der Waals surface area contributed by atoms with E-state index in [2.05, 4.69) is 59.0 Å². The zero-order chi connectivity index (χ0) is 25.4. The van der Waals surface area contributed by atoms with Crippen molar-refractivity contribution in [2.45, 2.75) is 123 Å². The van der Waals surface area contributed by atoms with Crippen LogP contribution in [0.5, 0.6) is 0 Å². The second kappa shape index (κ2) is 9.71. The van der Waals surface area contributed by atoms with Crippen molar-refractivity contribution >= 4 is 14.4 Å². The standard InChI is InChI=1S/C27H47NO4Si/c1-19-22-14-12-13-20(15-16-27(8,9)30)23(22)17-21(18-31-33(10,11)26(5,6)7)28(19)24(29)32-25(2,3)4/h12-14,19,21,30H,15-18H2,1-11H3/t19-,21+/m0/s1. The Kier molecular flexibility index (Phi) is 8.20. The predicted molar refractivity (Wildman–Crippen MR) is 138 cm³/mol. The fourth-order valence-electron chi connectivity index (χ4n) is 4.05. The van der Waals surface area contributed by atoms with Crippen LogP contribution in [0.15, 0.2) is 18.2 Å². The van der Waals surface area contributed by atoms with Gasteiger partial charge in [0.15, 0.2) is 8.32 Å². The van der Waals surface area contributed by atoms with E-state index in [1.165, 1.54) is 11.1 Å². The molecular formula is C27H47NO4Si. The molecule has 1 aliphatic heterocycles. The highest BCUT2D eigenvalue weighted by Gasteiger charge is 2.42. The van der Waals surface area contributed by atoms with Crippen LogP contribution in [-0.2, 0) is 22.0 Å². The first-order valence-electron chi connectivity index (χ1n) is 12.3. The Labute approximate surface area is 203 Å². The van der Waals surface area contributed by atoms with Gasteiger partial charge in [-0.2, -0.15) is 0 Å². The molecule has 2 rings (SSSR count). The van der Waals surface area contributed by atoms with Crippen LogP contribution in [0.1, 0.15) is 91.5 Å². The van der Waals surface area contributed by atoms with E-state index in [-0.39, 0.29) is 23.2 Å². The van der Waals surface area contributed by atoms with E-state index in [0.717, 1.165) is 18.4 Å². The average molecular weight is 478 g/mol. The third kappa shape index (κ3) is 7.30. The molecule has 0 radical (unpaired) electrons. The number of amides is 1. The van der Waals surface area contributed by atoms with Gasteiger partial charge in [0.2, 0.25) is 0 Å². The highest BCUT2D eigenvalue weighted by molar-refractivity contribution is 6.74. The lowest BCUT2D eigenvalue weighted by atomic mass is 9.84. The Morgan fingerprint density at radius 1 is 1.12 bits per heavy atom. The van der Waals surface area contributed by atoms with Gasteiger partial charge in [0.05, 0.1) is 24.3 Å². The molecule has 1 aliphatic rings. The monoisotopic (exact) mass is 477 g/mol. The van der Waals surface area contributed by atoms with Gasteiger partial charge in [-0.25, -0.2) is 4.79 Å². The highest BCUT2D eigenvalue weighted by Crippen LogP contribution is 2.40. The van der Waals surface area contributed by atoms with Crippen LogP contribution in [0, 0.1) is 0 Å². The van der Waals surface area contributed by atoms with Crippen LogP contribution in [0.4, 0.5) is 4.79 Å². The maximum absolute atomic E-state index is 13.3. The summed E-state index contributed by atoms with van der Waals surface area (Å²) in [6.45, 7) is 23.2. The Hall–Kier alpha value is -1.37. The van der Waals surface area contributed by atoms with Crippen LogP contribution in [-0.4, -0.2) is 48.3 Å². The van der Waals surface area contributed by atoms with Crippen molar-refractivity contribution < 1.29 is 19.1 Å². The first-order chi connectivity index (χ1) is 14.8. The topological polar surface area (TPSA) is 59.0 Å². The highest BCUT2D eigenvalue weighted by atomic mass is 28.4. The first-order valence-corrected chi connectivity index (χ1v) is 15.2. The van der Waals surface area contributed by atoms with Crippen molar-refractivity contribution in [3.63, 3.8) is 0 Å². The fourth-order valence-corrected chi connectivity index (χ4v) is 5.09. The van der Waals surface area contributed by atoms with Gasteiger partial charge in [-0.05, 0) is 95.6 Å². The fraction of sp³-hybridized carbons (Fsp3) is 0.741. The molecule has 0 saturated carbocycles. The number of hydrogen-bond donors (Lipinski definition) is 1. The minimum Gasteiger partial charge on any atom is -0.444 e. The quantitative estimate of drug-likeness (QED) is 0.467. The molecule has 1 aromatic rings. The van der Waals surface area contributed by atoms with Crippen molar-refractivity contribution in [1.29, 1.82) is 0 Å². The van der Waals surface area contributed by atoms with E-state index in [1.54, 1.807) is 0 Å². The largest absolute Gasteiger partial charge is 0.444 e. The molecule has 0 fully saturated rings. The molecule has 0 aromatic heterocycles. The molecule has 0 unspecified atom stereocenters. The maximum Gasteiger partial charge on any atom is 0.411 e. The Balaban J connectivity index is 2.42. The summed E-state index contributed by atoms with van der Waals surface area (Å²) in [5.74, 6) is 0. The van der Waals surface area contributed by atoms with Crippen molar-refractivity contribution in [2.75, 3.05) is 6.61 Å². The number of fused-ring (bicyclic) bond motifs is 1. The lowest BCUT2D eigenvalue weighted by molar-refractivity contribution is -0.00373. The lowest BCUT2D eigenvalue weighted by Gasteiger charge is -2.45. The molecule has 1 amide bonds. The van der Waals surface area contributed by atoms with E-state index in [0.29, 0.717) is 13.0 Å². The van der Waals surface area contributed by atoms with Gasteiger partial charge in [-0.1, -0.05) is 39.0 Å². The third-order valence-electron chi connectivity index (χ3n) is 7.06. The number of benzene rings is 1. The molecule has 2 atom stereocenters. The molecule has 0 spiro atoms. The number of nitrogens with zero attached hydrogens (tertiary/aromatic N) is 1. The molecule has 33 heavy (non-hydrogen) atoms. The molecule has 1 aromatic carbocycles. The molecule has 1 heterocycles. The smallest absolute Gasteiger partial charge is 0.411 e. The number of carbonyl (C=O) groups is 1. The molecule has 1 N–H and O–H groups in total. The summed E-state index contributed by atoms with van der Waals surface area (Å²) in [4.78, 5) is 15.2. The normalized spacial score (nSPS) is 19.9. The maximum atomic E-state index is 13.3. The van der Waals surface area contributed by atoms with Crippen molar-refractivity contribution in [1.82, 2.24) is 4.90 Å². The van der Waals surface area contributed by atoms with Gasteiger partial charge in [0.25, 0.3) is 0 Å². The molecular weight excluding hydrogens is 430 g/mol. The van der Waals surface area contributed by atoms with E-state index in [9.17, 15) is 9.90 Å². The molecule has 6 heteroatoms. The van der Waals surface area contributed by atoms with Crippen LogP contribution in [0.3, 0.4) is 0 Å². The average Bonchev–Trinajstić information content (AvgIpc) is 2.61. The molecule has 0 aliphatic carbocycles. The van der Waals surface area contributed by atoms with E-state index in [4.69, 9.17) is 9.16 Å². The number of rotatable bonds is 6. The molecule has 188 valence electrons. The number of carbonyl (C=O) groups excluding carboxylic acids is 1. The lowest BCUT2D eigenvalue weighted by Crippen LogP contribution is -2.53. The molecule has 0 saturated heterocycles. The summed E-state index contributed by atoms with van der Waals surface area (Å²) >= 11 is 0. The zero-order valence-electron chi connectivity index (χ0n) is 22.8. The summed E-state index contributed by atoms with van der Waals surface area (Å²) in [6, 6.07) is 6.13. The van der Waals surface area contributed by atoms with Gasteiger partial charge < -0.3 is 14.3 Å². The summed E-state index contributed by atoms with van der Waals surface area (Å²) in [7, 11) is -1.98. The number of hydrogen-bond acceptors (Lipinski definition) is 4. The first kappa shape index (κ1) is 27.9. The number of aliphatic hydroxyl groups is 1. The second-order valence-electron chi connectivity index (χ2n) is 12.8. The summed E-state index contributed by atoms with van der Waals surface area (Å²) < 4.78 is 12.4. The van der Waals surface area contributed by atoms with Gasteiger partial charge >= 0.3 is 6.09 Å². The number of aryl methyl sites for hydroxylation is 1. The minimum absolute atomic E-state index is 0.0970. The third-order valence-corrected chi connectivity index (χ3v) is 11.6. The minimum atomic E-state index is -1.98. The van der Waals surface area contributed by atoms with E-state index < -0.39 is 19.5 Å². The van der Waals surface area contributed by atoms with E-state index in [1.807, 2.05) is 39.5 Å². The molecule has 0 bridgehead atoms. The van der Waals surface area contributed by atoms with Crippen LogP contribution < -0.4 is 0 Å². The van der Waals surface area contributed by atoms with Crippen LogP contribution in [0.25, 0.3) is 0 Å².